The first kappa shape index (κ1) is 29.3. The van der Waals surface area contributed by atoms with Crippen LogP contribution in [0, 0.1) is 11.2 Å². The zero-order valence-electron chi connectivity index (χ0n) is 24.4. The Morgan fingerprint density at radius 3 is 2.53 bits per heavy atom. The molecule has 1 unspecified atom stereocenters. The number of rotatable bonds is 10. The first-order valence-corrected chi connectivity index (χ1v) is 15.4. The van der Waals surface area contributed by atoms with E-state index >= 15 is 0 Å². The van der Waals surface area contributed by atoms with Gasteiger partial charge in [-0.15, -0.1) is 0 Å². The van der Waals surface area contributed by atoms with Crippen LogP contribution in [0.4, 0.5) is 10.1 Å². The van der Waals surface area contributed by atoms with E-state index in [1.54, 1.807) is 16.7 Å². The van der Waals surface area contributed by atoms with E-state index in [0.29, 0.717) is 49.0 Å². The van der Waals surface area contributed by atoms with E-state index in [1.165, 1.54) is 12.1 Å². The van der Waals surface area contributed by atoms with E-state index < -0.39 is 11.9 Å². The van der Waals surface area contributed by atoms with Crippen molar-refractivity contribution >= 4 is 34.4 Å². The molecule has 1 aromatic heterocycles. The van der Waals surface area contributed by atoms with Crippen molar-refractivity contribution in [2.45, 2.75) is 88.8 Å². The molecular weight excluding hydrogens is 549 g/mol. The zero-order chi connectivity index (χ0) is 30.3. The molecule has 2 aliphatic carbocycles. The molecule has 2 aromatic carbocycles. The van der Waals surface area contributed by atoms with Crippen LogP contribution in [0.25, 0.3) is 22.0 Å². The molecule has 0 saturated heterocycles. The summed E-state index contributed by atoms with van der Waals surface area (Å²) in [4.78, 5) is 38.2. The highest BCUT2D eigenvalue weighted by Gasteiger charge is 2.49. The second-order valence-electron chi connectivity index (χ2n) is 12.6. The lowest BCUT2D eigenvalue weighted by Crippen LogP contribution is -2.37. The van der Waals surface area contributed by atoms with Crippen LogP contribution >= 0.6 is 0 Å². The third-order valence-electron chi connectivity index (χ3n) is 9.47. The van der Waals surface area contributed by atoms with Gasteiger partial charge in [0, 0.05) is 34.8 Å². The number of fused-ring (bicyclic) bond motifs is 3. The van der Waals surface area contributed by atoms with Crippen LogP contribution in [-0.4, -0.2) is 47.1 Å². The number of nitrogens with two attached hydrogens (primary N) is 3. The van der Waals surface area contributed by atoms with E-state index in [0.717, 1.165) is 67.2 Å². The van der Waals surface area contributed by atoms with Crippen LogP contribution in [0.3, 0.4) is 0 Å². The van der Waals surface area contributed by atoms with Crippen molar-refractivity contribution in [2.75, 3.05) is 11.9 Å². The Hall–Kier alpha value is -3.76. The molecule has 3 aliphatic rings. The standard InChI is InChI=1S/C33H40FN5O4/c34-20-5-11-24-27(16-20)39-28(17-33(12-13-33)18-29(39)40)30(24)19-4-10-23(31(37)41)26(15-19)38-21-6-8-22(9-7-21)43-32(42)25(36)3-1-2-14-35/h4-5,10-11,15-16,21-22,25,38H,1-3,6-9,12-14,17-18,35-36H2,(H2,37,41). The molecule has 1 spiro atoms. The largest absolute Gasteiger partial charge is 0.461 e. The molecule has 2 heterocycles. The quantitative estimate of drug-likeness (QED) is 0.198. The minimum Gasteiger partial charge on any atom is -0.461 e. The molecule has 1 amide bonds. The first-order valence-electron chi connectivity index (χ1n) is 15.4. The van der Waals surface area contributed by atoms with E-state index in [9.17, 15) is 18.8 Å². The topological polar surface area (TPSA) is 155 Å². The number of nitrogens with one attached hydrogen (secondary N) is 1. The average Bonchev–Trinajstić information content (AvgIpc) is 3.63. The maximum absolute atomic E-state index is 14.4. The van der Waals surface area contributed by atoms with Gasteiger partial charge in [-0.05, 0) is 106 Å². The fourth-order valence-electron chi connectivity index (χ4n) is 6.89. The Kier molecular flexibility index (Phi) is 8.00. The van der Waals surface area contributed by atoms with E-state index in [-0.39, 0.29) is 35.3 Å². The molecule has 43 heavy (non-hydrogen) atoms. The number of aromatic nitrogens is 1. The van der Waals surface area contributed by atoms with Gasteiger partial charge in [-0.2, -0.15) is 0 Å². The Morgan fingerprint density at radius 2 is 1.84 bits per heavy atom. The summed E-state index contributed by atoms with van der Waals surface area (Å²) in [6.45, 7) is 0.573. The normalized spacial score (nSPS) is 21.4. The first-order chi connectivity index (χ1) is 20.7. The van der Waals surface area contributed by atoms with Crippen molar-refractivity contribution in [1.82, 2.24) is 4.57 Å². The minimum atomic E-state index is -0.638. The number of benzene rings is 2. The average molecular weight is 590 g/mol. The molecule has 9 nitrogen and oxygen atoms in total. The Labute approximate surface area is 250 Å². The van der Waals surface area contributed by atoms with Crippen molar-refractivity contribution in [3.63, 3.8) is 0 Å². The number of carbonyl (C=O) groups excluding carboxylic acids is 3. The lowest BCUT2D eigenvalue weighted by Gasteiger charge is -2.30. The second-order valence-corrected chi connectivity index (χ2v) is 12.6. The maximum Gasteiger partial charge on any atom is 0.323 e. The molecule has 7 N–H and O–H groups in total. The van der Waals surface area contributed by atoms with Gasteiger partial charge in [0.25, 0.3) is 5.91 Å². The van der Waals surface area contributed by atoms with Crippen molar-refractivity contribution in [3.05, 3.63) is 53.5 Å². The van der Waals surface area contributed by atoms with E-state index in [1.807, 2.05) is 12.1 Å². The van der Waals surface area contributed by atoms with Gasteiger partial charge in [-0.1, -0.05) is 12.5 Å². The number of ether oxygens (including phenoxy) is 1. The summed E-state index contributed by atoms with van der Waals surface area (Å²) in [6.07, 6.45) is 8.08. The monoisotopic (exact) mass is 589 g/mol. The van der Waals surface area contributed by atoms with Gasteiger partial charge in [0.2, 0.25) is 5.91 Å². The summed E-state index contributed by atoms with van der Waals surface area (Å²) in [5, 5.41) is 4.34. The molecule has 3 aromatic rings. The number of unbranched alkanes of at least 4 members (excludes halogenated alkanes) is 1. The third kappa shape index (κ3) is 5.90. The van der Waals surface area contributed by atoms with Crippen LogP contribution in [0.1, 0.15) is 85.1 Å². The van der Waals surface area contributed by atoms with Crippen LogP contribution in [-0.2, 0) is 16.0 Å². The van der Waals surface area contributed by atoms with Gasteiger partial charge in [0.1, 0.15) is 18.0 Å². The summed E-state index contributed by atoms with van der Waals surface area (Å²) in [7, 11) is 0. The number of nitrogens with zero attached hydrogens (tertiary/aromatic N) is 1. The highest BCUT2D eigenvalue weighted by atomic mass is 19.1. The summed E-state index contributed by atoms with van der Waals surface area (Å²) in [5.74, 6) is -1.30. The second kappa shape index (κ2) is 11.7. The van der Waals surface area contributed by atoms with Crippen LogP contribution < -0.4 is 22.5 Å². The van der Waals surface area contributed by atoms with Crippen LogP contribution in [0.5, 0.6) is 0 Å². The minimum absolute atomic E-state index is 0.000519. The van der Waals surface area contributed by atoms with E-state index in [2.05, 4.69) is 5.32 Å². The highest BCUT2D eigenvalue weighted by Crippen LogP contribution is 2.56. The smallest absolute Gasteiger partial charge is 0.323 e. The van der Waals surface area contributed by atoms with Gasteiger partial charge in [0.05, 0.1) is 11.1 Å². The Balaban J connectivity index is 1.23. The predicted molar refractivity (Wildman–Crippen MR) is 163 cm³/mol. The van der Waals surface area contributed by atoms with Crippen molar-refractivity contribution in [3.8, 4) is 11.1 Å². The van der Waals surface area contributed by atoms with Crippen LogP contribution in [0.2, 0.25) is 0 Å². The van der Waals surface area contributed by atoms with Crippen molar-refractivity contribution in [1.29, 1.82) is 0 Å². The predicted octanol–water partition coefficient (Wildman–Crippen LogP) is 4.64. The fraction of sp³-hybridized carbons (Fsp3) is 0.485. The van der Waals surface area contributed by atoms with Crippen LogP contribution in [0.15, 0.2) is 36.4 Å². The zero-order valence-corrected chi connectivity index (χ0v) is 24.4. The molecule has 10 heteroatoms. The molecule has 2 fully saturated rings. The SMILES string of the molecule is NCCCCC(N)C(=O)OC1CCC(Nc2cc(-c3c4n(c5cc(F)ccc35)C(=O)CC3(CC3)C4)ccc2C(N)=O)CC1. The van der Waals surface area contributed by atoms with Gasteiger partial charge in [-0.3, -0.25) is 19.0 Å². The number of halogens is 1. The van der Waals surface area contributed by atoms with Gasteiger partial charge >= 0.3 is 5.97 Å². The summed E-state index contributed by atoms with van der Waals surface area (Å²) in [6, 6.07) is 9.49. The number of primary amides is 1. The summed E-state index contributed by atoms with van der Waals surface area (Å²) < 4.78 is 21.7. The van der Waals surface area contributed by atoms with Crippen molar-refractivity contribution in [2.24, 2.45) is 22.6 Å². The molecule has 6 rings (SSSR count). The Bertz CT molecular complexity index is 1570. The molecule has 228 valence electrons. The third-order valence-corrected chi connectivity index (χ3v) is 9.47. The number of esters is 1. The number of carbonyl (C=O) groups is 3. The lowest BCUT2D eigenvalue weighted by atomic mass is 9.88. The molecule has 0 bridgehead atoms. The molecule has 1 atom stereocenters. The van der Waals surface area contributed by atoms with Gasteiger partial charge < -0.3 is 27.3 Å². The van der Waals surface area contributed by atoms with Gasteiger partial charge in [0.15, 0.2) is 0 Å². The molecular formula is C33H40FN5O4. The van der Waals surface area contributed by atoms with Crippen molar-refractivity contribution < 1.29 is 23.5 Å². The summed E-state index contributed by atoms with van der Waals surface area (Å²) >= 11 is 0. The highest BCUT2D eigenvalue weighted by molar-refractivity contribution is 6.06. The molecule has 2 saturated carbocycles. The number of hydrogen-bond donors (Lipinski definition) is 4. The maximum atomic E-state index is 14.4. The lowest BCUT2D eigenvalue weighted by molar-refractivity contribution is -0.152. The molecule has 0 radical (unpaired) electrons. The molecule has 1 aliphatic heterocycles. The number of amides is 1. The Morgan fingerprint density at radius 1 is 1.07 bits per heavy atom. The van der Waals surface area contributed by atoms with E-state index in [4.69, 9.17) is 21.9 Å². The van der Waals surface area contributed by atoms with Gasteiger partial charge in [-0.25, -0.2) is 4.39 Å². The summed E-state index contributed by atoms with van der Waals surface area (Å²) in [5.41, 5.74) is 21.5. The number of hydrogen-bond acceptors (Lipinski definition) is 7. The number of anilines is 1. The fourth-order valence-corrected chi connectivity index (χ4v) is 6.89.